The number of likely N-dealkylation sites (N-methyl/N-ethyl adjacent to an activating group) is 1. The van der Waals surface area contributed by atoms with Crippen molar-refractivity contribution in [3.63, 3.8) is 0 Å². The van der Waals surface area contributed by atoms with Gasteiger partial charge in [-0.25, -0.2) is 4.98 Å². The highest BCUT2D eigenvalue weighted by molar-refractivity contribution is 6.09. The van der Waals surface area contributed by atoms with Gasteiger partial charge in [0.1, 0.15) is 5.82 Å². The van der Waals surface area contributed by atoms with Crippen molar-refractivity contribution in [3.8, 4) is 0 Å². The van der Waals surface area contributed by atoms with Crippen molar-refractivity contribution in [3.05, 3.63) is 36.0 Å². The third-order valence-electron chi connectivity index (χ3n) is 6.08. The molecule has 0 spiro atoms. The topological polar surface area (TPSA) is 48.5 Å². The smallest absolute Gasteiger partial charge is 0.253 e. The van der Waals surface area contributed by atoms with Crippen LogP contribution in [0.25, 0.3) is 10.8 Å². The number of benzene rings is 1. The van der Waals surface area contributed by atoms with Crippen molar-refractivity contribution in [2.45, 2.75) is 45.1 Å². The Balaban J connectivity index is 1.59. The van der Waals surface area contributed by atoms with Crippen molar-refractivity contribution in [1.29, 1.82) is 0 Å². The van der Waals surface area contributed by atoms with Gasteiger partial charge in [0.05, 0.1) is 5.56 Å². The predicted octanol–water partition coefficient (Wildman–Crippen LogP) is 3.44. The van der Waals surface area contributed by atoms with Crippen molar-refractivity contribution in [2.24, 2.45) is 0 Å². The van der Waals surface area contributed by atoms with E-state index in [1.807, 2.05) is 12.1 Å². The molecule has 2 aromatic rings. The van der Waals surface area contributed by atoms with E-state index < -0.39 is 0 Å². The average Bonchev–Trinajstić information content (AvgIpc) is 2.74. The first-order valence-corrected chi connectivity index (χ1v) is 10.4. The summed E-state index contributed by atoms with van der Waals surface area (Å²) in [6.07, 6.45) is 7.69. The molecular weight excluding hydrogens is 336 g/mol. The second-order valence-electron chi connectivity index (χ2n) is 7.77. The lowest BCUT2D eigenvalue weighted by Crippen LogP contribution is -2.46. The molecule has 1 amide bonds. The van der Waals surface area contributed by atoms with Crippen LogP contribution in [-0.4, -0.2) is 54.6 Å². The van der Waals surface area contributed by atoms with Gasteiger partial charge in [-0.3, -0.25) is 4.79 Å². The van der Waals surface area contributed by atoms with E-state index in [1.165, 1.54) is 19.3 Å². The monoisotopic (exact) mass is 366 g/mol. The number of carbonyl (C=O) groups excluding carboxylic acids is 1. The number of fused-ring (bicyclic) bond motifs is 1. The van der Waals surface area contributed by atoms with Gasteiger partial charge in [0.25, 0.3) is 5.91 Å². The first-order valence-electron chi connectivity index (χ1n) is 10.4. The molecule has 1 aromatic carbocycles. The van der Waals surface area contributed by atoms with Gasteiger partial charge >= 0.3 is 0 Å². The Morgan fingerprint density at radius 3 is 2.48 bits per heavy atom. The van der Waals surface area contributed by atoms with Gasteiger partial charge < -0.3 is 15.1 Å². The molecular formula is C22H30N4O. The summed E-state index contributed by atoms with van der Waals surface area (Å²) in [5.74, 6) is 1.03. The highest BCUT2D eigenvalue weighted by Crippen LogP contribution is 2.28. The number of rotatable bonds is 4. The fraction of sp³-hybridized carbons (Fsp3) is 0.545. The van der Waals surface area contributed by atoms with Crippen molar-refractivity contribution in [2.75, 3.05) is 37.6 Å². The molecule has 0 radical (unpaired) electrons. The van der Waals surface area contributed by atoms with Crippen LogP contribution < -0.4 is 10.2 Å². The lowest BCUT2D eigenvalue weighted by atomic mass is 9.95. The minimum atomic E-state index is 0.0213. The molecule has 1 aliphatic heterocycles. The highest BCUT2D eigenvalue weighted by atomic mass is 16.1. The highest BCUT2D eigenvalue weighted by Gasteiger charge is 2.22. The molecule has 1 saturated carbocycles. The molecule has 2 aliphatic rings. The normalized spacial score (nSPS) is 19.4. The Labute approximate surface area is 161 Å². The SMILES string of the molecule is CCN1CCN(c2ncc(C(=O)NC3CCCCC3)c3ccccc23)CC1. The van der Waals surface area contributed by atoms with Crippen LogP contribution in [0.1, 0.15) is 49.4 Å². The van der Waals surface area contributed by atoms with Gasteiger partial charge in [-0.05, 0) is 24.8 Å². The van der Waals surface area contributed by atoms with Crippen molar-refractivity contribution >= 4 is 22.5 Å². The van der Waals surface area contributed by atoms with Crippen LogP contribution in [0.4, 0.5) is 5.82 Å². The van der Waals surface area contributed by atoms with Crippen LogP contribution >= 0.6 is 0 Å². The van der Waals surface area contributed by atoms with Crippen LogP contribution in [0.2, 0.25) is 0 Å². The minimum absolute atomic E-state index is 0.0213. The maximum Gasteiger partial charge on any atom is 0.253 e. The summed E-state index contributed by atoms with van der Waals surface area (Å²) in [6, 6.07) is 8.52. The second-order valence-corrected chi connectivity index (χ2v) is 7.77. The first kappa shape index (κ1) is 18.2. The fourth-order valence-corrected chi connectivity index (χ4v) is 4.40. The predicted molar refractivity (Wildman–Crippen MR) is 110 cm³/mol. The first-order chi connectivity index (χ1) is 13.3. The van der Waals surface area contributed by atoms with E-state index in [9.17, 15) is 4.79 Å². The van der Waals surface area contributed by atoms with Gasteiger partial charge in [0, 0.05) is 43.8 Å². The van der Waals surface area contributed by atoms with Crippen LogP contribution in [0.3, 0.4) is 0 Å². The molecule has 1 N–H and O–H groups in total. The number of amides is 1. The standard InChI is InChI=1S/C22H30N4O/c1-2-25-12-14-26(15-13-25)21-19-11-7-6-10-18(19)20(16-23-21)22(27)24-17-8-4-3-5-9-17/h6-7,10-11,16-17H,2-5,8-9,12-15H2,1H3,(H,24,27). The molecule has 0 bridgehead atoms. The Morgan fingerprint density at radius 2 is 1.78 bits per heavy atom. The molecule has 4 rings (SSSR count). The quantitative estimate of drug-likeness (QED) is 0.900. The molecule has 0 atom stereocenters. The number of piperazine rings is 1. The van der Waals surface area contributed by atoms with E-state index in [0.29, 0.717) is 11.6 Å². The Bertz CT molecular complexity index is 792. The Morgan fingerprint density at radius 1 is 1.07 bits per heavy atom. The average molecular weight is 367 g/mol. The third-order valence-corrected chi connectivity index (χ3v) is 6.08. The van der Waals surface area contributed by atoms with Gasteiger partial charge in [0.2, 0.25) is 0 Å². The van der Waals surface area contributed by atoms with Gasteiger partial charge in [-0.15, -0.1) is 0 Å². The molecule has 144 valence electrons. The van der Waals surface area contributed by atoms with E-state index in [1.54, 1.807) is 6.20 Å². The van der Waals surface area contributed by atoms with Crippen LogP contribution in [0.15, 0.2) is 30.5 Å². The largest absolute Gasteiger partial charge is 0.354 e. The maximum atomic E-state index is 12.9. The molecule has 1 aromatic heterocycles. The molecule has 1 saturated heterocycles. The zero-order valence-electron chi connectivity index (χ0n) is 16.3. The number of pyridine rings is 1. The molecule has 5 heteroatoms. The summed E-state index contributed by atoms with van der Waals surface area (Å²) in [6.45, 7) is 7.41. The minimum Gasteiger partial charge on any atom is -0.354 e. The number of nitrogens with zero attached hydrogens (tertiary/aromatic N) is 3. The number of aromatic nitrogens is 1. The summed E-state index contributed by atoms with van der Waals surface area (Å²) < 4.78 is 0. The van der Waals surface area contributed by atoms with E-state index in [0.717, 1.165) is 62.2 Å². The Hall–Kier alpha value is -2.14. The van der Waals surface area contributed by atoms with Crippen molar-refractivity contribution in [1.82, 2.24) is 15.2 Å². The van der Waals surface area contributed by atoms with Gasteiger partial charge in [-0.1, -0.05) is 50.5 Å². The van der Waals surface area contributed by atoms with Crippen molar-refractivity contribution < 1.29 is 4.79 Å². The fourth-order valence-electron chi connectivity index (χ4n) is 4.40. The zero-order valence-corrected chi connectivity index (χ0v) is 16.3. The molecule has 2 fully saturated rings. The molecule has 0 unspecified atom stereocenters. The summed E-state index contributed by atoms with van der Waals surface area (Å²) in [4.78, 5) is 22.5. The molecule has 2 heterocycles. The van der Waals surface area contributed by atoms with Crippen LogP contribution in [0.5, 0.6) is 0 Å². The van der Waals surface area contributed by atoms with E-state index in [4.69, 9.17) is 4.98 Å². The Kier molecular flexibility index (Phi) is 5.58. The lowest BCUT2D eigenvalue weighted by molar-refractivity contribution is 0.0929. The summed E-state index contributed by atoms with van der Waals surface area (Å²) in [7, 11) is 0. The molecule has 1 aliphatic carbocycles. The van der Waals surface area contributed by atoms with Crippen LogP contribution in [0, 0.1) is 0 Å². The van der Waals surface area contributed by atoms with Gasteiger partial charge in [0.15, 0.2) is 0 Å². The zero-order chi connectivity index (χ0) is 18.6. The number of carbonyl (C=O) groups is 1. The van der Waals surface area contributed by atoms with E-state index >= 15 is 0 Å². The summed E-state index contributed by atoms with van der Waals surface area (Å²) in [5, 5.41) is 5.33. The summed E-state index contributed by atoms with van der Waals surface area (Å²) in [5.41, 5.74) is 0.701. The number of anilines is 1. The second kappa shape index (κ2) is 8.26. The third kappa shape index (κ3) is 3.93. The van der Waals surface area contributed by atoms with E-state index in [-0.39, 0.29) is 5.91 Å². The van der Waals surface area contributed by atoms with Gasteiger partial charge in [-0.2, -0.15) is 0 Å². The lowest BCUT2D eigenvalue weighted by Gasteiger charge is -2.35. The molecule has 5 nitrogen and oxygen atoms in total. The maximum absolute atomic E-state index is 12.9. The number of hydrogen-bond donors (Lipinski definition) is 1. The number of nitrogens with one attached hydrogen (secondary N) is 1. The number of hydrogen-bond acceptors (Lipinski definition) is 4. The van der Waals surface area contributed by atoms with E-state index in [2.05, 4.69) is 34.2 Å². The van der Waals surface area contributed by atoms with Crippen LogP contribution in [-0.2, 0) is 0 Å². The molecule has 27 heavy (non-hydrogen) atoms. The summed E-state index contributed by atoms with van der Waals surface area (Å²) >= 11 is 0.